The van der Waals surface area contributed by atoms with Crippen LogP contribution in [-0.2, 0) is 10.0 Å². The molecule has 0 radical (unpaired) electrons. The lowest BCUT2D eigenvalue weighted by molar-refractivity contribution is 0.600. The Morgan fingerprint density at radius 1 is 1.46 bits per heavy atom. The Kier molecular flexibility index (Phi) is 5.61. The topological polar surface area (TPSA) is 86.2 Å². The van der Waals surface area contributed by atoms with E-state index in [1.165, 1.54) is 6.08 Å². The van der Waals surface area contributed by atoms with Gasteiger partial charge in [-0.25, -0.2) is 13.6 Å². The minimum absolute atomic E-state index is 0.130. The van der Waals surface area contributed by atoms with Gasteiger partial charge in [0.2, 0.25) is 10.0 Å². The molecule has 0 heterocycles. The summed E-state index contributed by atoms with van der Waals surface area (Å²) < 4.78 is 21.1. The van der Waals surface area contributed by atoms with Gasteiger partial charge in [0.25, 0.3) is 0 Å². The van der Waals surface area contributed by atoms with Crippen molar-refractivity contribution >= 4 is 10.0 Å². The molecular weight excluding hydrogens is 188 g/mol. The maximum absolute atomic E-state index is 10.5. The van der Waals surface area contributed by atoms with Crippen molar-refractivity contribution < 1.29 is 8.42 Å². The van der Waals surface area contributed by atoms with Gasteiger partial charge in [0.1, 0.15) is 0 Å². The fourth-order valence-electron chi connectivity index (χ4n) is 0.824. The first-order valence-electron chi connectivity index (χ1n) is 4.02. The molecule has 0 fully saturated rings. The summed E-state index contributed by atoms with van der Waals surface area (Å²) in [4.78, 5) is 0. The second-order valence-electron chi connectivity index (χ2n) is 2.63. The van der Waals surface area contributed by atoms with Gasteiger partial charge >= 0.3 is 0 Å². The van der Waals surface area contributed by atoms with Crippen LogP contribution in [0.4, 0.5) is 0 Å². The number of sulfonamides is 1. The lowest BCUT2D eigenvalue weighted by atomic mass is 10.2. The summed E-state index contributed by atoms with van der Waals surface area (Å²) in [6.45, 7) is 2.44. The van der Waals surface area contributed by atoms with E-state index in [1.54, 1.807) is 6.08 Å². The minimum Gasteiger partial charge on any atom is -0.330 e. The Morgan fingerprint density at radius 3 is 2.46 bits per heavy atom. The molecule has 0 bridgehead atoms. The first-order chi connectivity index (χ1) is 5.99. The second-order valence-corrected chi connectivity index (χ2v) is 4.29. The lowest BCUT2D eigenvalue weighted by Crippen LogP contribution is -2.14. The van der Waals surface area contributed by atoms with E-state index in [4.69, 9.17) is 10.9 Å². The molecule has 5 heteroatoms. The highest BCUT2D eigenvalue weighted by molar-refractivity contribution is 7.89. The monoisotopic (exact) mass is 204 g/mol. The van der Waals surface area contributed by atoms with Crippen LogP contribution in [0.2, 0.25) is 0 Å². The van der Waals surface area contributed by atoms with Crippen molar-refractivity contribution in [2.45, 2.75) is 13.3 Å². The van der Waals surface area contributed by atoms with Crippen LogP contribution in [0.25, 0.3) is 0 Å². The van der Waals surface area contributed by atoms with Gasteiger partial charge in [0.05, 0.1) is 5.75 Å². The fraction of sp³-hybridized carbons (Fsp3) is 0.500. The predicted octanol–water partition coefficient (Wildman–Crippen LogP) is 0.126. The zero-order chi connectivity index (χ0) is 10.3. The van der Waals surface area contributed by atoms with Crippen molar-refractivity contribution in [2.75, 3.05) is 12.3 Å². The lowest BCUT2D eigenvalue weighted by Gasteiger charge is -1.96. The molecule has 0 rings (SSSR count). The van der Waals surface area contributed by atoms with Gasteiger partial charge in [-0.05, 0) is 19.9 Å². The molecule has 0 saturated heterocycles. The molecule has 0 aliphatic carbocycles. The standard InChI is InChI=1S/C8H16N2O2S/c1-2-8(5-6-9)4-3-7-13(10,11)12/h2-4H,5-7,9H2,1H3,(H2,10,11,12)/b4-3-,8-2+. The summed E-state index contributed by atoms with van der Waals surface area (Å²) in [5, 5.41) is 4.81. The molecule has 0 spiro atoms. The van der Waals surface area contributed by atoms with Crippen LogP contribution in [0.5, 0.6) is 0 Å². The van der Waals surface area contributed by atoms with E-state index < -0.39 is 10.0 Å². The average molecular weight is 204 g/mol. The number of hydrogen-bond donors (Lipinski definition) is 2. The van der Waals surface area contributed by atoms with Gasteiger partial charge in [-0.3, -0.25) is 0 Å². The van der Waals surface area contributed by atoms with Gasteiger partial charge in [-0.1, -0.05) is 23.8 Å². The quantitative estimate of drug-likeness (QED) is 0.624. The Labute approximate surface area is 79.4 Å². The zero-order valence-corrected chi connectivity index (χ0v) is 8.55. The summed E-state index contributed by atoms with van der Waals surface area (Å²) in [7, 11) is -3.39. The molecule has 4 nitrogen and oxygen atoms in total. The average Bonchev–Trinajstić information content (AvgIpc) is 2.01. The largest absolute Gasteiger partial charge is 0.330 e. The van der Waals surface area contributed by atoms with Gasteiger partial charge in [-0.2, -0.15) is 0 Å². The Morgan fingerprint density at radius 2 is 2.08 bits per heavy atom. The Hall–Kier alpha value is -0.650. The van der Waals surface area contributed by atoms with Gasteiger partial charge in [-0.15, -0.1) is 0 Å². The molecule has 0 aromatic rings. The summed E-state index contributed by atoms with van der Waals surface area (Å²) in [6, 6.07) is 0. The maximum atomic E-state index is 10.5. The highest BCUT2D eigenvalue weighted by Gasteiger charge is 1.96. The van der Waals surface area contributed by atoms with E-state index in [-0.39, 0.29) is 5.75 Å². The van der Waals surface area contributed by atoms with E-state index in [1.807, 2.05) is 13.0 Å². The van der Waals surface area contributed by atoms with Crippen LogP contribution in [0, 0.1) is 0 Å². The summed E-state index contributed by atoms with van der Waals surface area (Å²) >= 11 is 0. The van der Waals surface area contributed by atoms with Gasteiger partial charge < -0.3 is 5.73 Å². The summed E-state index contributed by atoms with van der Waals surface area (Å²) in [6.07, 6.45) is 5.90. The molecule has 0 aromatic heterocycles. The third kappa shape index (κ3) is 7.70. The zero-order valence-electron chi connectivity index (χ0n) is 7.73. The third-order valence-corrected chi connectivity index (χ3v) is 2.12. The highest BCUT2D eigenvalue weighted by Crippen LogP contribution is 2.01. The summed E-state index contributed by atoms with van der Waals surface area (Å²) in [5.41, 5.74) is 6.36. The van der Waals surface area contributed by atoms with Crippen LogP contribution < -0.4 is 10.9 Å². The first-order valence-corrected chi connectivity index (χ1v) is 5.73. The smallest absolute Gasteiger partial charge is 0.212 e. The van der Waals surface area contributed by atoms with Gasteiger partial charge in [0.15, 0.2) is 0 Å². The van der Waals surface area contributed by atoms with E-state index >= 15 is 0 Å². The van der Waals surface area contributed by atoms with Crippen molar-refractivity contribution in [1.29, 1.82) is 0 Å². The molecule has 0 aromatic carbocycles. The Bertz CT molecular complexity index is 291. The van der Waals surface area contributed by atoms with E-state index in [0.29, 0.717) is 6.54 Å². The molecule has 0 aliphatic rings. The van der Waals surface area contributed by atoms with Crippen LogP contribution in [0.15, 0.2) is 23.8 Å². The molecular formula is C8H16N2O2S. The molecule has 0 saturated carbocycles. The highest BCUT2D eigenvalue weighted by atomic mass is 32.2. The molecule has 13 heavy (non-hydrogen) atoms. The Balaban J connectivity index is 4.11. The van der Waals surface area contributed by atoms with Crippen molar-refractivity contribution in [3.05, 3.63) is 23.8 Å². The first kappa shape index (κ1) is 12.3. The molecule has 0 atom stereocenters. The van der Waals surface area contributed by atoms with Crippen LogP contribution in [0.3, 0.4) is 0 Å². The number of hydrogen-bond acceptors (Lipinski definition) is 3. The number of rotatable bonds is 5. The van der Waals surface area contributed by atoms with Crippen molar-refractivity contribution in [1.82, 2.24) is 0 Å². The molecule has 76 valence electrons. The predicted molar refractivity (Wildman–Crippen MR) is 54.5 cm³/mol. The van der Waals surface area contributed by atoms with Gasteiger partial charge in [0, 0.05) is 0 Å². The third-order valence-electron chi connectivity index (χ3n) is 1.46. The molecule has 0 amide bonds. The van der Waals surface area contributed by atoms with E-state index in [2.05, 4.69) is 0 Å². The van der Waals surface area contributed by atoms with Crippen molar-refractivity contribution in [3.8, 4) is 0 Å². The second kappa shape index (κ2) is 5.90. The normalized spacial score (nSPS) is 13.9. The van der Waals surface area contributed by atoms with Crippen molar-refractivity contribution in [3.63, 3.8) is 0 Å². The molecule has 0 unspecified atom stereocenters. The molecule has 0 aliphatic heterocycles. The fourth-order valence-corrected chi connectivity index (χ4v) is 1.19. The number of nitrogens with two attached hydrogens (primary N) is 2. The van der Waals surface area contributed by atoms with Crippen LogP contribution >= 0.6 is 0 Å². The van der Waals surface area contributed by atoms with E-state index in [0.717, 1.165) is 12.0 Å². The van der Waals surface area contributed by atoms with Crippen LogP contribution in [-0.4, -0.2) is 20.7 Å². The maximum Gasteiger partial charge on any atom is 0.212 e. The minimum atomic E-state index is -3.39. The van der Waals surface area contributed by atoms with E-state index in [9.17, 15) is 8.42 Å². The number of allylic oxidation sites excluding steroid dienone is 2. The SMILES string of the molecule is C/C=C(\C=C/CS(N)(=O)=O)CCN. The molecule has 4 N–H and O–H groups in total. The number of primary sulfonamides is 1. The van der Waals surface area contributed by atoms with Crippen LogP contribution in [0.1, 0.15) is 13.3 Å². The van der Waals surface area contributed by atoms with Crippen molar-refractivity contribution in [2.24, 2.45) is 10.9 Å². The summed E-state index contributed by atoms with van der Waals surface area (Å²) in [5.74, 6) is -0.130.